The lowest BCUT2D eigenvalue weighted by molar-refractivity contribution is -0.384. The molecule has 1 N–H and O–H groups in total. The Hall–Kier alpha value is -3.75. The van der Waals surface area contributed by atoms with Crippen molar-refractivity contribution in [1.29, 1.82) is 0 Å². The van der Waals surface area contributed by atoms with Crippen molar-refractivity contribution in [2.75, 3.05) is 18.0 Å². The zero-order valence-electron chi connectivity index (χ0n) is 15.3. The first-order chi connectivity index (χ1) is 13.4. The first-order valence-electron chi connectivity index (χ1n) is 8.65. The number of hydrogen-bond acceptors (Lipinski definition) is 8. The monoisotopic (exact) mass is 382 g/mol. The van der Waals surface area contributed by atoms with Crippen molar-refractivity contribution >= 4 is 33.7 Å². The minimum atomic E-state index is -0.827. The maximum Gasteiger partial charge on any atom is 0.368 e. The molecule has 144 valence electrons. The molecule has 28 heavy (non-hydrogen) atoms. The van der Waals surface area contributed by atoms with Gasteiger partial charge in [0, 0.05) is 37.0 Å². The van der Waals surface area contributed by atoms with Crippen molar-refractivity contribution in [3.63, 3.8) is 0 Å². The summed E-state index contributed by atoms with van der Waals surface area (Å²) in [6.45, 7) is 5.62. The van der Waals surface area contributed by atoms with E-state index in [1.165, 1.54) is 24.3 Å². The van der Waals surface area contributed by atoms with Gasteiger partial charge >= 0.3 is 5.63 Å². The topological polar surface area (TPSA) is 122 Å². The highest BCUT2D eigenvalue weighted by molar-refractivity contribution is 5.89. The third-order valence-electron chi connectivity index (χ3n) is 4.30. The predicted octanol–water partition coefficient (Wildman–Crippen LogP) is 4.67. The van der Waals surface area contributed by atoms with Crippen LogP contribution in [0.4, 0.5) is 22.7 Å². The number of non-ortho nitro benzene ring substituents is 1. The van der Waals surface area contributed by atoms with Crippen LogP contribution in [-0.2, 0) is 0 Å². The van der Waals surface area contributed by atoms with Gasteiger partial charge in [-0.15, -0.1) is 5.11 Å². The molecule has 9 nitrogen and oxygen atoms in total. The van der Waals surface area contributed by atoms with Crippen LogP contribution in [0.2, 0.25) is 0 Å². The minimum Gasteiger partial charge on any atom is -0.505 e. The zero-order chi connectivity index (χ0) is 20.3. The number of nitro groups is 1. The number of rotatable bonds is 6. The van der Waals surface area contributed by atoms with E-state index in [9.17, 15) is 20.0 Å². The third-order valence-corrected chi connectivity index (χ3v) is 4.30. The number of aromatic hydroxyl groups is 1. The molecule has 3 rings (SSSR count). The summed E-state index contributed by atoms with van der Waals surface area (Å²) in [5, 5.41) is 29.1. The van der Waals surface area contributed by atoms with Gasteiger partial charge in [-0.1, -0.05) is 0 Å². The summed E-state index contributed by atoms with van der Waals surface area (Å²) in [5.74, 6) is -0.331. The van der Waals surface area contributed by atoms with Gasteiger partial charge in [0.25, 0.3) is 5.69 Å². The second-order valence-corrected chi connectivity index (χ2v) is 5.91. The minimum absolute atomic E-state index is 0.0870. The Balaban J connectivity index is 1.98. The molecule has 0 aliphatic rings. The van der Waals surface area contributed by atoms with Crippen LogP contribution in [0, 0.1) is 10.1 Å². The summed E-state index contributed by atoms with van der Waals surface area (Å²) >= 11 is 0. The van der Waals surface area contributed by atoms with Crippen LogP contribution in [0.5, 0.6) is 5.75 Å². The highest BCUT2D eigenvalue weighted by atomic mass is 16.6. The van der Waals surface area contributed by atoms with Crippen molar-refractivity contribution in [3.05, 3.63) is 63.0 Å². The van der Waals surface area contributed by atoms with E-state index in [1.807, 2.05) is 19.9 Å². The SMILES string of the molecule is CCN(CC)c1ccc2c(O)c(N=Nc3ccc([N+](=O)[O-])cc3)c(=O)oc2c1. The molecule has 0 bridgehead atoms. The average Bonchev–Trinajstić information content (AvgIpc) is 2.69. The smallest absolute Gasteiger partial charge is 0.368 e. The van der Waals surface area contributed by atoms with Gasteiger partial charge in [-0.2, -0.15) is 5.11 Å². The predicted molar refractivity (Wildman–Crippen MR) is 105 cm³/mol. The maximum absolute atomic E-state index is 12.3. The van der Waals surface area contributed by atoms with Crippen molar-refractivity contribution in [1.82, 2.24) is 0 Å². The highest BCUT2D eigenvalue weighted by Crippen LogP contribution is 2.34. The van der Waals surface area contributed by atoms with Crippen LogP contribution in [-0.4, -0.2) is 23.1 Å². The van der Waals surface area contributed by atoms with Gasteiger partial charge in [0.1, 0.15) is 5.58 Å². The quantitative estimate of drug-likeness (QED) is 0.286. The zero-order valence-corrected chi connectivity index (χ0v) is 15.3. The molecule has 9 heteroatoms. The molecule has 0 amide bonds. The molecule has 1 heterocycles. The molecule has 0 saturated carbocycles. The van der Waals surface area contributed by atoms with Crippen molar-refractivity contribution in [2.45, 2.75) is 13.8 Å². The fourth-order valence-electron chi connectivity index (χ4n) is 2.79. The molecular weight excluding hydrogens is 364 g/mol. The summed E-state index contributed by atoms with van der Waals surface area (Å²) in [4.78, 5) is 24.5. The van der Waals surface area contributed by atoms with E-state index in [0.29, 0.717) is 11.1 Å². The van der Waals surface area contributed by atoms with Gasteiger partial charge in [0.2, 0.25) is 5.69 Å². The summed E-state index contributed by atoms with van der Waals surface area (Å²) in [5.41, 5.74) is 0.174. The Morgan fingerprint density at radius 3 is 2.39 bits per heavy atom. The molecule has 2 aromatic carbocycles. The van der Waals surface area contributed by atoms with Crippen LogP contribution in [0.3, 0.4) is 0 Å². The van der Waals surface area contributed by atoms with Crippen LogP contribution in [0.15, 0.2) is 61.9 Å². The van der Waals surface area contributed by atoms with Crippen molar-refractivity contribution < 1.29 is 14.4 Å². The normalized spacial score (nSPS) is 11.2. The molecule has 0 aliphatic heterocycles. The van der Waals surface area contributed by atoms with Gasteiger partial charge < -0.3 is 14.4 Å². The third kappa shape index (κ3) is 3.68. The fraction of sp³-hybridized carbons (Fsp3) is 0.211. The molecule has 0 fully saturated rings. The van der Waals surface area contributed by atoms with E-state index >= 15 is 0 Å². The van der Waals surface area contributed by atoms with Crippen LogP contribution >= 0.6 is 0 Å². The maximum atomic E-state index is 12.3. The Labute approximate surface area is 159 Å². The first kappa shape index (κ1) is 19.0. The van der Waals surface area contributed by atoms with E-state index in [2.05, 4.69) is 15.1 Å². The van der Waals surface area contributed by atoms with Crippen LogP contribution in [0.1, 0.15) is 13.8 Å². The number of hydrogen-bond donors (Lipinski definition) is 1. The summed E-state index contributed by atoms with van der Waals surface area (Å²) in [7, 11) is 0. The van der Waals surface area contributed by atoms with Gasteiger partial charge in [0.05, 0.1) is 16.0 Å². The molecule has 1 aromatic heterocycles. The number of benzene rings is 2. The summed E-state index contributed by atoms with van der Waals surface area (Å²) in [6.07, 6.45) is 0. The standard InChI is InChI=1S/C19H18N4O5/c1-3-22(4-2)14-9-10-15-16(11-14)28-19(25)17(18(15)24)21-20-12-5-7-13(8-6-12)23(26)27/h5-11,24H,3-4H2,1-2H3. The van der Waals surface area contributed by atoms with Gasteiger partial charge in [-0.3, -0.25) is 10.1 Å². The Morgan fingerprint density at radius 2 is 1.79 bits per heavy atom. The molecule has 0 aliphatic carbocycles. The number of azo groups is 1. The molecule has 0 atom stereocenters. The van der Waals surface area contributed by atoms with E-state index < -0.39 is 10.5 Å². The Bertz CT molecular complexity index is 1100. The van der Waals surface area contributed by atoms with Crippen molar-refractivity contribution in [2.24, 2.45) is 10.2 Å². The average molecular weight is 382 g/mol. The summed E-state index contributed by atoms with van der Waals surface area (Å²) in [6, 6.07) is 10.5. The van der Waals surface area contributed by atoms with E-state index in [4.69, 9.17) is 4.42 Å². The molecular formula is C19H18N4O5. The molecule has 0 saturated heterocycles. The lowest BCUT2D eigenvalue weighted by Crippen LogP contribution is -2.21. The van der Waals surface area contributed by atoms with Crippen molar-refractivity contribution in [3.8, 4) is 5.75 Å². The summed E-state index contributed by atoms with van der Waals surface area (Å²) < 4.78 is 5.31. The number of anilines is 1. The Morgan fingerprint density at radius 1 is 1.11 bits per heavy atom. The second kappa shape index (κ2) is 7.87. The first-order valence-corrected chi connectivity index (χ1v) is 8.65. The molecule has 0 radical (unpaired) electrons. The van der Waals surface area contributed by atoms with E-state index in [-0.39, 0.29) is 22.7 Å². The largest absolute Gasteiger partial charge is 0.505 e. The molecule has 0 spiro atoms. The van der Waals surface area contributed by atoms with Gasteiger partial charge in [-0.25, -0.2) is 4.79 Å². The fourth-order valence-corrected chi connectivity index (χ4v) is 2.79. The lowest BCUT2D eigenvalue weighted by Gasteiger charge is -2.21. The second-order valence-electron chi connectivity index (χ2n) is 5.91. The van der Waals surface area contributed by atoms with Gasteiger partial charge in [0.15, 0.2) is 5.75 Å². The lowest BCUT2D eigenvalue weighted by atomic mass is 10.1. The van der Waals surface area contributed by atoms with E-state index in [0.717, 1.165) is 18.8 Å². The van der Waals surface area contributed by atoms with E-state index in [1.54, 1.807) is 12.1 Å². The van der Waals surface area contributed by atoms with Crippen LogP contribution < -0.4 is 10.5 Å². The number of nitrogens with zero attached hydrogens (tertiary/aromatic N) is 4. The Kier molecular flexibility index (Phi) is 5.35. The van der Waals surface area contributed by atoms with Crippen LogP contribution in [0.25, 0.3) is 11.0 Å². The molecule has 0 unspecified atom stereocenters. The van der Waals surface area contributed by atoms with Gasteiger partial charge in [-0.05, 0) is 38.1 Å². The highest BCUT2D eigenvalue weighted by Gasteiger charge is 2.15. The number of fused-ring (bicyclic) bond motifs is 1. The molecule has 3 aromatic rings. The number of nitro benzene ring substituents is 1.